The fourth-order valence-corrected chi connectivity index (χ4v) is 2.54. The fraction of sp³-hybridized carbons (Fsp3) is 0.500. The van der Waals surface area contributed by atoms with Gasteiger partial charge in [-0.25, -0.2) is 4.79 Å². The number of aryl methyl sites for hydroxylation is 2. The van der Waals surface area contributed by atoms with E-state index in [0.717, 1.165) is 18.4 Å². The summed E-state index contributed by atoms with van der Waals surface area (Å²) in [5.74, 6) is -0.543. The first-order chi connectivity index (χ1) is 9.60. The summed E-state index contributed by atoms with van der Waals surface area (Å²) in [5.41, 5.74) is 3.75. The fourth-order valence-electron chi connectivity index (χ4n) is 2.54. The highest BCUT2D eigenvalue weighted by Gasteiger charge is 2.17. The van der Waals surface area contributed by atoms with Gasteiger partial charge in [-0.2, -0.15) is 0 Å². The van der Waals surface area contributed by atoms with E-state index in [1.807, 2.05) is 6.07 Å². The summed E-state index contributed by atoms with van der Waals surface area (Å²) in [6, 6.07) is 5.62. The van der Waals surface area contributed by atoms with Crippen LogP contribution in [0.3, 0.4) is 0 Å². The standard InChI is InChI=1S/C16H21NO3/c1-3-20-16(19)11(2)17-15(18)10-12-7-8-13-5-4-6-14(13)9-12/h7-9,11H,3-6,10H2,1-2H3,(H,17,18). The van der Waals surface area contributed by atoms with Gasteiger partial charge in [0.1, 0.15) is 6.04 Å². The van der Waals surface area contributed by atoms with Crippen molar-refractivity contribution in [2.75, 3.05) is 6.61 Å². The maximum atomic E-state index is 11.9. The molecule has 0 fully saturated rings. The van der Waals surface area contributed by atoms with Crippen molar-refractivity contribution < 1.29 is 14.3 Å². The zero-order chi connectivity index (χ0) is 14.5. The lowest BCUT2D eigenvalue weighted by Gasteiger charge is -2.13. The van der Waals surface area contributed by atoms with Crippen LogP contribution in [0.2, 0.25) is 0 Å². The molecule has 4 heteroatoms. The van der Waals surface area contributed by atoms with Gasteiger partial charge in [0, 0.05) is 0 Å². The second-order valence-corrected chi connectivity index (χ2v) is 5.17. The van der Waals surface area contributed by atoms with E-state index in [1.165, 1.54) is 17.5 Å². The molecular weight excluding hydrogens is 254 g/mol. The maximum Gasteiger partial charge on any atom is 0.328 e. The molecule has 1 unspecified atom stereocenters. The van der Waals surface area contributed by atoms with Crippen molar-refractivity contribution in [3.63, 3.8) is 0 Å². The third kappa shape index (κ3) is 3.59. The van der Waals surface area contributed by atoms with Gasteiger partial charge in [-0.05, 0) is 49.8 Å². The van der Waals surface area contributed by atoms with E-state index >= 15 is 0 Å². The van der Waals surface area contributed by atoms with Crippen molar-refractivity contribution in [1.82, 2.24) is 5.32 Å². The zero-order valence-electron chi connectivity index (χ0n) is 12.1. The normalized spacial score (nSPS) is 14.5. The minimum absolute atomic E-state index is 0.150. The van der Waals surface area contributed by atoms with Gasteiger partial charge in [-0.1, -0.05) is 18.2 Å². The average Bonchev–Trinajstić information content (AvgIpc) is 2.86. The van der Waals surface area contributed by atoms with E-state index in [0.29, 0.717) is 13.0 Å². The molecule has 0 radical (unpaired) electrons. The lowest BCUT2D eigenvalue weighted by atomic mass is 10.0. The number of hydrogen-bond acceptors (Lipinski definition) is 3. The molecule has 1 aliphatic rings. The molecule has 108 valence electrons. The number of esters is 1. The van der Waals surface area contributed by atoms with Crippen LogP contribution < -0.4 is 5.32 Å². The third-order valence-electron chi connectivity index (χ3n) is 3.55. The summed E-state index contributed by atoms with van der Waals surface area (Å²) in [7, 11) is 0. The second-order valence-electron chi connectivity index (χ2n) is 5.17. The molecule has 1 atom stereocenters. The number of ether oxygens (including phenoxy) is 1. The van der Waals surface area contributed by atoms with Crippen molar-refractivity contribution in [2.45, 2.75) is 45.6 Å². The van der Waals surface area contributed by atoms with Crippen molar-refractivity contribution in [2.24, 2.45) is 0 Å². The van der Waals surface area contributed by atoms with E-state index in [4.69, 9.17) is 4.74 Å². The molecule has 0 spiro atoms. The summed E-state index contributed by atoms with van der Waals surface area (Å²) in [5, 5.41) is 2.67. The second kappa shape index (κ2) is 6.55. The van der Waals surface area contributed by atoms with E-state index < -0.39 is 12.0 Å². The van der Waals surface area contributed by atoms with E-state index in [9.17, 15) is 9.59 Å². The van der Waals surface area contributed by atoms with E-state index in [-0.39, 0.29) is 5.91 Å². The van der Waals surface area contributed by atoms with Crippen molar-refractivity contribution >= 4 is 11.9 Å². The Morgan fingerprint density at radius 2 is 2.05 bits per heavy atom. The Morgan fingerprint density at radius 1 is 1.30 bits per heavy atom. The van der Waals surface area contributed by atoms with Crippen LogP contribution in [-0.2, 0) is 33.6 Å². The van der Waals surface area contributed by atoms with Crippen molar-refractivity contribution in [3.8, 4) is 0 Å². The molecule has 20 heavy (non-hydrogen) atoms. The van der Waals surface area contributed by atoms with Crippen LogP contribution in [0.1, 0.15) is 37.0 Å². The predicted molar refractivity (Wildman–Crippen MR) is 76.4 cm³/mol. The Morgan fingerprint density at radius 3 is 2.80 bits per heavy atom. The molecule has 0 heterocycles. The first-order valence-corrected chi connectivity index (χ1v) is 7.17. The Kier molecular flexibility index (Phi) is 4.77. The Hall–Kier alpha value is -1.84. The number of benzene rings is 1. The van der Waals surface area contributed by atoms with Crippen LogP contribution in [0.15, 0.2) is 18.2 Å². The molecular formula is C16H21NO3. The quantitative estimate of drug-likeness (QED) is 0.833. The Bertz CT molecular complexity index is 510. The summed E-state index contributed by atoms with van der Waals surface area (Å²) in [6.07, 6.45) is 3.74. The van der Waals surface area contributed by atoms with Gasteiger partial charge in [0.15, 0.2) is 0 Å². The molecule has 1 aromatic rings. The lowest BCUT2D eigenvalue weighted by molar-refractivity contribution is -0.146. The number of fused-ring (bicyclic) bond motifs is 1. The molecule has 2 rings (SSSR count). The first-order valence-electron chi connectivity index (χ1n) is 7.17. The van der Waals surface area contributed by atoms with Crippen LogP contribution in [0.5, 0.6) is 0 Å². The number of rotatable bonds is 5. The van der Waals surface area contributed by atoms with Gasteiger partial charge < -0.3 is 10.1 Å². The van der Waals surface area contributed by atoms with Gasteiger partial charge in [0.05, 0.1) is 13.0 Å². The number of carbonyl (C=O) groups excluding carboxylic acids is 2. The molecule has 0 aliphatic heterocycles. The van der Waals surface area contributed by atoms with E-state index in [1.54, 1.807) is 13.8 Å². The Labute approximate surface area is 119 Å². The van der Waals surface area contributed by atoms with Gasteiger partial charge in [0.25, 0.3) is 0 Å². The number of nitrogens with one attached hydrogen (secondary N) is 1. The van der Waals surface area contributed by atoms with Gasteiger partial charge >= 0.3 is 5.97 Å². The third-order valence-corrected chi connectivity index (χ3v) is 3.55. The molecule has 0 saturated heterocycles. The summed E-state index contributed by atoms with van der Waals surface area (Å²) in [6.45, 7) is 3.71. The minimum Gasteiger partial charge on any atom is -0.464 e. The monoisotopic (exact) mass is 275 g/mol. The van der Waals surface area contributed by atoms with Crippen molar-refractivity contribution in [1.29, 1.82) is 0 Å². The predicted octanol–water partition coefficient (Wildman–Crippen LogP) is 1.79. The Balaban J connectivity index is 1.90. The molecule has 1 N–H and O–H groups in total. The van der Waals surface area contributed by atoms with Crippen LogP contribution in [0.25, 0.3) is 0 Å². The molecule has 0 bridgehead atoms. The van der Waals surface area contributed by atoms with Gasteiger partial charge in [-0.3, -0.25) is 4.79 Å². The topological polar surface area (TPSA) is 55.4 Å². The molecule has 4 nitrogen and oxygen atoms in total. The summed E-state index contributed by atoms with van der Waals surface area (Å²) >= 11 is 0. The average molecular weight is 275 g/mol. The summed E-state index contributed by atoms with van der Waals surface area (Å²) < 4.78 is 4.86. The van der Waals surface area contributed by atoms with E-state index in [2.05, 4.69) is 17.4 Å². The molecule has 0 aromatic heterocycles. The van der Waals surface area contributed by atoms with Gasteiger partial charge in [0.2, 0.25) is 5.91 Å². The number of amides is 1. The maximum absolute atomic E-state index is 11.9. The SMILES string of the molecule is CCOC(=O)C(C)NC(=O)Cc1ccc2c(c1)CCC2. The zero-order valence-corrected chi connectivity index (χ0v) is 12.1. The minimum atomic E-state index is -0.600. The number of carbonyl (C=O) groups is 2. The molecule has 1 aromatic carbocycles. The molecule has 0 saturated carbocycles. The smallest absolute Gasteiger partial charge is 0.328 e. The highest BCUT2D eigenvalue weighted by molar-refractivity contribution is 5.85. The molecule has 1 amide bonds. The first kappa shape index (κ1) is 14.6. The molecule has 1 aliphatic carbocycles. The largest absolute Gasteiger partial charge is 0.464 e. The van der Waals surface area contributed by atoms with Gasteiger partial charge in [-0.15, -0.1) is 0 Å². The van der Waals surface area contributed by atoms with Crippen LogP contribution in [-0.4, -0.2) is 24.5 Å². The van der Waals surface area contributed by atoms with Crippen LogP contribution >= 0.6 is 0 Å². The van der Waals surface area contributed by atoms with Crippen LogP contribution in [0, 0.1) is 0 Å². The van der Waals surface area contributed by atoms with Crippen LogP contribution in [0.4, 0.5) is 0 Å². The highest BCUT2D eigenvalue weighted by Crippen LogP contribution is 2.22. The summed E-state index contributed by atoms with van der Waals surface area (Å²) in [4.78, 5) is 23.4. The highest BCUT2D eigenvalue weighted by atomic mass is 16.5. The van der Waals surface area contributed by atoms with Crippen molar-refractivity contribution in [3.05, 3.63) is 34.9 Å². The lowest BCUT2D eigenvalue weighted by Crippen LogP contribution is -2.40. The number of hydrogen-bond donors (Lipinski definition) is 1.